The Morgan fingerprint density at radius 1 is 1.13 bits per heavy atom. The zero-order chi connectivity index (χ0) is 11.1. The van der Waals surface area contributed by atoms with Gasteiger partial charge in [0.2, 0.25) is 0 Å². The lowest BCUT2D eigenvalue weighted by atomic mass is 10.1. The fraction of sp³-hybridized carbons (Fsp3) is 1.00. The molecular weight excluding hydrogens is 208 g/mol. The summed E-state index contributed by atoms with van der Waals surface area (Å²) in [6, 6.07) is 1.11. The molecule has 0 amide bonds. The third-order valence-corrected chi connectivity index (χ3v) is 6.16. The molecular formula is C11H24O3Si. The van der Waals surface area contributed by atoms with Gasteiger partial charge in [-0.2, -0.15) is 0 Å². The van der Waals surface area contributed by atoms with Crippen LogP contribution in [0.2, 0.25) is 12.6 Å². The van der Waals surface area contributed by atoms with Gasteiger partial charge in [0.15, 0.2) is 0 Å². The first-order valence-corrected chi connectivity index (χ1v) is 8.44. The monoisotopic (exact) mass is 232 g/mol. The van der Waals surface area contributed by atoms with Crippen LogP contribution >= 0.6 is 0 Å². The minimum Gasteiger partial charge on any atom is -0.398 e. The molecule has 1 fully saturated rings. The van der Waals surface area contributed by atoms with Crippen LogP contribution in [0, 0.1) is 0 Å². The van der Waals surface area contributed by atoms with Crippen LogP contribution in [0.3, 0.4) is 0 Å². The lowest BCUT2D eigenvalue weighted by Crippen LogP contribution is -2.35. The molecule has 1 atom stereocenters. The minimum atomic E-state index is -1.79. The second kappa shape index (κ2) is 6.63. The highest BCUT2D eigenvalue weighted by atomic mass is 28.4. The topological polar surface area (TPSA) is 31.0 Å². The maximum Gasteiger partial charge on any atom is 0.334 e. The van der Waals surface area contributed by atoms with Gasteiger partial charge >= 0.3 is 8.56 Å². The van der Waals surface area contributed by atoms with E-state index in [-0.39, 0.29) is 0 Å². The van der Waals surface area contributed by atoms with Crippen molar-refractivity contribution in [1.29, 1.82) is 0 Å². The number of ether oxygens (including phenoxy) is 1. The van der Waals surface area contributed by atoms with Crippen LogP contribution in [0.5, 0.6) is 0 Å². The molecule has 1 saturated heterocycles. The van der Waals surface area contributed by atoms with Crippen LogP contribution in [0.25, 0.3) is 0 Å². The van der Waals surface area contributed by atoms with Crippen molar-refractivity contribution in [3.63, 3.8) is 0 Å². The molecule has 0 radical (unpaired) electrons. The van der Waals surface area contributed by atoms with Crippen LogP contribution in [-0.4, -0.2) is 35.5 Å². The van der Waals surface area contributed by atoms with E-state index in [1.807, 2.05) is 0 Å². The number of epoxide rings is 1. The molecule has 0 aliphatic carbocycles. The summed E-state index contributed by atoms with van der Waals surface area (Å²) in [4.78, 5) is 0. The van der Waals surface area contributed by atoms with Gasteiger partial charge < -0.3 is 13.6 Å². The summed E-state index contributed by atoms with van der Waals surface area (Å²) in [5, 5.41) is 0. The van der Waals surface area contributed by atoms with Crippen LogP contribution in [0.15, 0.2) is 0 Å². The van der Waals surface area contributed by atoms with E-state index in [1.54, 1.807) is 14.2 Å². The summed E-state index contributed by atoms with van der Waals surface area (Å²) in [7, 11) is 1.74. The molecule has 0 bridgehead atoms. The third kappa shape index (κ3) is 5.66. The Labute approximate surface area is 94.4 Å². The van der Waals surface area contributed by atoms with Gasteiger partial charge in [0, 0.05) is 14.2 Å². The molecule has 90 valence electrons. The maximum atomic E-state index is 5.44. The Bertz CT molecular complexity index is 167. The maximum absolute atomic E-state index is 5.44. The Morgan fingerprint density at radius 2 is 1.73 bits per heavy atom. The molecule has 15 heavy (non-hydrogen) atoms. The van der Waals surface area contributed by atoms with Gasteiger partial charge in [0.1, 0.15) is 0 Å². The van der Waals surface area contributed by atoms with E-state index >= 15 is 0 Å². The standard InChI is InChI=1S/C11H24O3Si/c1-12-15(3,13-2)9-7-5-4-6-8-11-10-14-11/h11H,4-10H2,1-3H3. The highest BCUT2D eigenvalue weighted by Crippen LogP contribution is 2.20. The highest BCUT2D eigenvalue weighted by molar-refractivity contribution is 6.65. The molecule has 0 aromatic heterocycles. The van der Waals surface area contributed by atoms with Gasteiger partial charge in [0.05, 0.1) is 12.7 Å². The summed E-state index contributed by atoms with van der Waals surface area (Å²) < 4.78 is 16.0. The molecule has 1 rings (SSSR count). The Balaban J connectivity index is 1.90. The molecule has 3 nitrogen and oxygen atoms in total. The van der Waals surface area contributed by atoms with E-state index in [9.17, 15) is 0 Å². The number of rotatable bonds is 9. The Kier molecular flexibility index (Phi) is 5.82. The highest BCUT2D eigenvalue weighted by Gasteiger charge is 2.27. The normalized spacial score (nSPS) is 20.6. The molecule has 0 N–H and O–H groups in total. The van der Waals surface area contributed by atoms with E-state index in [1.165, 1.54) is 32.1 Å². The van der Waals surface area contributed by atoms with Crippen LogP contribution in [0.4, 0.5) is 0 Å². The second-order valence-corrected chi connectivity index (χ2v) is 8.03. The molecule has 4 heteroatoms. The minimum absolute atomic E-state index is 0.600. The predicted octanol–water partition coefficient (Wildman–Crippen LogP) is 2.70. The van der Waals surface area contributed by atoms with Gasteiger partial charge in [0.25, 0.3) is 0 Å². The largest absolute Gasteiger partial charge is 0.398 e. The van der Waals surface area contributed by atoms with Gasteiger partial charge in [-0.15, -0.1) is 0 Å². The molecule has 1 aliphatic heterocycles. The number of hydrogen-bond donors (Lipinski definition) is 0. The van der Waals surface area contributed by atoms with Crippen molar-refractivity contribution >= 4 is 8.56 Å². The summed E-state index contributed by atoms with van der Waals surface area (Å²) in [6.45, 7) is 3.13. The molecule has 1 unspecified atom stereocenters. The number of hydrogen-bond acceptors (Lipinski definition) is 3. The zero-order valence-corrected chi connectivity index (χ0v) is 11.3. The van der Waals surface area contributed by atoms with E-state index < -0.39 is 8.56 Å². The Morgan fingerprint density at radius 3 is 2.27 bits per heavy atom. The molecule has 0 aromatic carbocycles. The zero-order valence-electron chi connectivity index (χ0n) is 10.3. The second-order valence-electron chi connectivity index (χ2n) is 4.45. The SMILES string of the molecule is CO[Si](C)(CCCCCCC1CO1)OC. The fourth-order valence-electron chi connectivity index (χ4n) is 1.69. The average Bonchev–Trinajstić information content (AvgIpc) is 3.06. The van der Waals surface area contributed by atoms with E-state index in [4.69, 9.17) is 13.6 Å². The Hall–Kier alpha value is 0.0969. The van der Waals surface area contributed by atoms with Crippen molar-refractivity contribution in [2.75, 3.05) is 20.8 Å². The summed E-state index contributed by atoms with van der Waals surface area (Å²) in [5.41, 5.74) is 0. The van der Waals surface area contributed by atoms with E-state index in [2.05, 4.69) is 6.55 Å². The van der Waals surface area contributed by atoms with Crippen molar-refractivity contribution in [3.05, 3.63) is 0 Å². The van der Waals surface area contributed by atoms with Crippen LogP contribution in [0.1, 0.15) is 32.1 Å². The summed E-state index contributed by atoms with van der Waals surface area (Å²) in [5.74, 6) is 0. The van der Waals surface area contributed by atoms with Crippen LogP contribution < -0.4 is 0 Å². The lowest BCUT2D eigenvalue weighted by molar-refractivity contribution is 0.248. The van der Waals surface area contributed by atoms with E-state index in [0.717, 1.165) is 12.7 Å². The molecule has 1 aliphatic rings. The first-order chi connectivity index (χ1) is 7.20. The van der Waals surface area contributed by atoms with Crippen LogP contribution in [-0.2, 0) is 13.6 Å². The summed E-state index contributed by atoms with van der Waals surface area (Å²) >= 11 is 0. The van der Waals surface area contributed by atoms with Crippen molar-refractivity contribution < 1.29 is 13.6 Å². The van der Waals surface area contributed by atoms with Gasteiger partial charge in [-0.1, -0.05) is 25.7 Å². The predicted molar refractivity (Wildman–Crippen MR) is 63.3 cm³/mol. The lowest BCUT2D eigenvalue weighted by Gasteiger charge is -2.22. The fourth-order valence-corrected chi connectivity index (χ4v) is 3.16. The van der Waals surface area contributed by atoms with E-state index in [0.29, 0.717) is 6.10 Å². The summed E-state index contributed by atoms with van der Waals surface area (Å²) in [6.07, 6.45) is 7.00. The molecule has 0 saturated carbocycles. The first kappa shape index (κ1) is 13.2. The first-order valence-electron chi connectivity index (χ1n) is 5.92. The average molecular weight is 232 g/mol. The molecule has 1 heterocycles. The number of unbranched alkanes of at least 4 members (excludes halogenated alkanes) is 3. The molecule has 0 spiro atoms. The van der Waals surface area contributed by atoms with Crippen molar-refractivity contribution in [1.82, 2.24) is 0 Å². The van der Waals surface area contributed by atoms with Gasteiger partial charge in [-0.25, -0.2) is 0 Å². The smallest absolute Gasteiger partial charge is 0.334 e. The van der Waals surface area contributed by atoms with Gasteiger partial charge in [-0.3, -0.25) is 0 Å². The quantitative estimate of drug-likeness (QED) is 0.348. The third-order valence-electron chi connectivity index (χ3n) is 3.17. The van der Waals surface area contributed by atoms with Gasteiger partial charge in [-0.05, 0) is 19.0 Å². The van der Waals surface area contributed by atoms with Crippen molar-refractivity contribution in [2.24, 2.45) is 0 Å². The van der Waals surface area contributed by atoms with Crippen molar-refractivity contribution in [2.45, 2.75) is 50.8 Å². The molecule has 0 aromatic rings. The van der Waals surface area contributed by atoms with Crippen molar-refractivity contribution in [3.8, 4) is 0 Å².